The molecule has 5 nitrogen and oxygen atoms in total. The summed E-state index contributed by atoms with van der Waals surface area (Å²) >= 11 is 2.21. The van der Waals surface area contributed by atoms with Crippen molar-refractivity contribution in [1.29, 1.82) is 0 Å². The van der Waals surface area contributed by atoms with Gasteiger partial charge < -0.3 is 5.32 Å². The molecule has 1 aliphatic rings. The average Bonchev–Trinajstić information content (AvgIpc) is 2.64. The van der Waals surface area contributed by atoms with E-state index in [9.17, 15) is 13.2 Å². The molecule has 0 aliphatic carbocycles. The number of nitrogens with one attached hydrogen (secondary N) is 1. The monoisotopic (exact) mass is 484 g/mol. The summed E-state index contributed by atoms with van der Waals surface area (Å²) in [6, 6.07) is 14.3. The highest BCUT2D eigenvalue weighted by Gasteiger charge is 2.24. The molecule has 2 aromatic rings. The van der Waals surface area contributed by atoms with Crippen molar-refractivity contribution in [2.45, 2.75) is 25.0 Å². The summed E-state index contributed by atoms with van der Waals surface area (Å²) < 4.78 is 27.7. The molecule has 0 bridgehead atoms. The van der Waals surface area contributed by atoms with E-state index < -0.39 is 10.0 Å². The first-order valence-electron chi connectivity index (χ1n) is 8.58. The van der Waals surface area contributed by atoms with Gasteiger partial charge in [-0.1, -0.05) is 18.6 Å². The zero-order chi connectivity index (χ0) is 18.6. The minimum atomic E-state index is -3.29. The molecule has 7 heteroatoms. The van der Waals surface area contributed by atoms with E-state index in [0.717, 1.165) is 28.5 Å². The number of hydrogen-bond donors (Lipinski definition) is 1. The van der Waals surface area contributed by atoms with E-state index in [1.807, 2.05) is 24.3 Å². The summed E-state index contributed by atoms with van der Waals surface area (Å²) in [5, 5.41) is 2.84. The van der Waals surface area contributed by atoms with Crippen LogP contribution in [0.5, 0.6) is 0 Å². The van der Waals surface area contributed by atoms with Crippen molar-refractivity contribution in [1.82, 2.24) is 4.31 Å². The van der Waals surface area contributed by atoms with E-state index in [0.29, 0.717) is 24.2 Å². The van der Waals surface area contributed by atoms with Crippen molar-refractivity contribution in [3.8, 4) is 0 Å². The lowest BCUT2D eigenvalue weighted by Gasteiger charge is -2.25. The molecule has 26 heavy (non-hydrogen) atoms. The number of anilines is 1. The van der Waals surface area contributed by atoms with Gasteiger partial charge in [0.15, 0.2) is 0 Å². The molecule has 1 saturated heterocycles. The highest BCUT2D eigenvalue weighted by Crippen LogP contribution is 2.18. The van der Waals surface area contributed by atoms with E-state index in [4.69, 9.17) is 0 Å². The van der Waals surface area contributed by atoms with Crippen molar-refractivity contribution < 1.29 is 13.2 Å². The Morgan fingerprint density at radius 1 is 0.962 bits per heavy atom. The van der Waals surface area contributed by atoms with Crippen LogP contribution >= 0.6 is 22.6 Å². The van der Waals surface area contributed by atoms with Crippen LogP contribution in [-0.4, -0.2) is 31.7 Å². The molecule has 0 saturated carbocycles. The van der Waals surface area contributed by atoms with Gasteiger partial charge in [-0.3, -0.25) is 4.79 Å². The number of carbonyl (C=O) groups excluding carboxylic acids is 1. The third-order valence-corrected chi connectivity index (χ3v) is 6.94. The fourth-order valence-electron chi connectivity index (χ4n) is 2.93. The van der Waals surface area contributed by atoms with Gasteiger partial charge in [-0.15, -0.1) is 0 Å². The quantitative estimate of drug-likeness (QED) is 0.656. The van der Waals surface area contributed by atoms with Gasteiger partial charge in [0.25, 0.3) is 5.91 Å². The lowest BCUT2D eigenvalue weighted by Crippen LogP contribution is -2.36. The molecule has 1 fully saturated rings. The molecule has 138 valence electrons. The van der Waals surface area contributed by atoms with Crippen LogP contribution in [0.1, 0.15) is 35.2 Å². The van der Waals surface area contributed by atoms with Gasteiger partial charge in [0.1, 0.15) is 0 Å². The largest absolute Gasteiger partial charge is 0.322 e. The van der Waals surface area contributed by atoms with Gasteiger partial charge >= 0.3 is 0 Å². The normalized spacial score (nSPS) is 15.6. The molecule has 0 unspecified atom stereocenters. The molecule has 2 aromatic carbocycles. The van der Waals surface area contributed by atoms with Crippen LogP contribution in [0.2, 0.25) is 0 Å². The standard InChI is InChI=1S/C19H21IN2O3S/c20-17-8-10-18(11-9-17)21-19(23)16-6-4-15(5-7-16)14-26(24,25)22-12-2-1-3-13-22/h4-11H,1-3,12-14H2,(H,21,23). The molecule has 0 radical (unpaired) electrons. The average molecular weight is 484 g/mol. The second-order valence-electron chi connectivity index (χ2n) is 6.37. The number of rotatable bonds is 5. The van der Waals surface area contributed by atoms with Crippen LogP contribution in [0.3, 0.4) is 0 Å². The molecule has 0 atom stereocenters. The Bertz CT molecular complexity index is 859. The fraction of sp³-hybridized carbons (Fsp3) is 0.316. The number of halogens is 1. The maximum Gasteiger partial charge on any atom is 0.255 e. The third-order valence-electron chi connectivity index (χ3n) is 4.38. The Morgan fingerprint density at radius 2 is 1.58 bits per heavy atom. The maximum atomic E-state index is 12.5. The van der Waals surface area contributed by atoms with Gasteiger partial charge in [-0.25, -0.2) is 12.7 Å². The summed E-state index contributed by atoms with van der Waals surface area (Å²) in [6.07, 6.45) is 2.95. The van der Waals surface area contributed by atoms with Gasteiger partial charge in [0.2, 0.25) is 10.0 Å². The van der Waals surface area contributed by atoms with Gasteiger partial charge in [0, 0.05) is 27.9 Å². The summed E-state index contributed by atoms with van der Waals surface area (Å²) in [4.78, 5) is 12.3. The SMILES string of the molecule is O=C(Nc1ccc(I)cc1)c1ccc(CS(=O)(=O)N2CCCCC2)cc1. The van der Waals surface area contributed by atoms with E-state index in [2.05, 4.69) is 27.9 Å². The van der Waals surface area contributed by atoms with Crippen molar-refractivity contribution >= 4 is 44.2 Å². The number of benzene rings is 2. The molecule has 0 aromatic heterocycles. The number of sulfonamides is 1. The van der Waals surface area contributed by atoms with Crippen LogP contribution in [0.15, 0.2) is 48.5 Å². The first kappa shape index (κ1) is 19.3. The second-order valence-corrected chi connectivity index (χ2v) is 9.59. The molecule has 0 spiro atoms. The van der Waals surface area contributed by atoms with Crippen LogP contribution in [0, 0.1) is 3.57 Å². The molecular formula is C19H21IN2O3S. The van der Waals surface area contributed by atoms with Gasteiger partial charge in [-0.2, -0.15) is 0 Å². The van der Waals surface area contributed by atoms with Crippen molar-refractivity contribution in [3.05, 3.63) is 63.2 Å². The molecule has 3 rings (SSSR count). The first-order chi connectivity index (χ1) is 12.4. The van der Waals surface area contributed by atoms with Gasteiger partial charge in [0.05, 0.1) is 5.75 Å². The zero-order valence-electron chi connectivity index (χ0n) is 14.3. The third kappa shape index (κ3) is 5.05. The Hall–Kier alpha value is -1.45. The predicted octanol–water partition coefficient (Wildman–Crippen LogP) is 3.86. The van der Waals surface area contributed by atoms with Crippen LogP contribution in [0.4, 0.5) is 5.69 Å². The lowest BCUT2D eigenvalue weighted by atomic mass is 10.1. The summed E-state index contributed by atoms with van der Waals surface area (Å²) in [5.74, 6) is -0.233. The minimum Gasteiger partial charge on any atom is -0.322 e. The maximum absolute atomic E-state index is 12.5. The van der Waals surface area contributed by atoms with Crippen LogP contribution in [0.25, 0.3) is 0 Å². The highest BCUT2D eigenvalue weighted by molar-refractivity contribution is 14.1. The first-order valence-corrected chi connectivity index (χ1v) is 11.3. The topological polar surface area (TPSA) is 66.5 Å². The molecule has 1 heterocycles. The summed E-state index contributed by atoms with van der Waals surface area (Å²) in [6.45, 7) is 1.22. The van der Waals surface area contributed by atoms with Crippen LogP contribution < -0.4 is 5.32 Å². The number of hydrogen-bond acceptors (Lipinski definition) is 3. The Morgan fingerprint density at radius 3 is 2.19 bits per heavy atom. The summed E-state index contributed by atoms with van der Waals surface area (Å²) in [7, 11) is -3.29. The molecule has 1 N–H and O–H groups in total. The molecule has 1 aliphatic heterocycles. The van der Waals surface area contributed by atoms with Gasteiger partial charge in [-0.05, 0) is 77.4 Å². The van der Waals surface area contributed by atoms with Crippen molar-refractivity contribution in [3.63, 3.8) is 0 Å². The zero-order valence-corrected chi connectivity index (χ0v) is 17.3. The van der Waals surface area contributed by atoms with E-state index in [1.165, 1.54) is 0 Å². The summed E-state index contributed by atoms with van der Waals surface area (Å²) in [5.41, 5.74) is 1.93. The van der Waals surface area contributed by atoms with Crippen molar-refractivity contribution in [2.75, 3.05) is 18.4 Å². The van der Waals surface area contributed by atoms with Crippen LogP contribution in [-0.2, 0) is 15.8 Å². The van der Waals surface area contributed by atoms with E-state index in [1.54, 1.807) is 28.6 Å². The fourth-order valence-corrected chi connectivity index (χ4v) is 4.90. The van der Waals surface area contributed by atoms with E-state index >= 15 is 0 Å². The molecule has 1 amide bonds. The van der Waals surface area contributed by atoms with Crippen molar-refractivity contribution in [2.24, 2.45) is 0 Å². The number of nitrogens with zero attached hydrogens (tertiary/aromatic N) is 1. The second kappa shape index (κ2) is 8.49. The lowest BCUT2D eigenvalue weighted by molar-refractivity contribution is 0.102. The number of carbonyl (C=O) groups is 1. The smallest absolute Gasteiger partial charge is 0.255 e. The molecular weight excluding hydrogens is 463 g/mol. The number of piperidine rings is 1. The predicted molar refractivity (Wildman–Crippen MR) is 112 cm³/mol. The number of amides is 1. The highest BCUT2D eigenvalue weighted by atomic mass is 127. The van der Waals surface area contributed by atoms with E-state index in [-0.39, 0.29) is 11.7 Å². The Kier molecular flexibility index (Phi) is 6.31. The Balaban J connectivity index is 1.64. The minimum absolute atomic E-state index is 0.0218. The Labute approximate surface area is 168 Å².